The summed E-state index contributed by atoms with van der Waals surface area (Å²) in [4.78, 5) is 26.7. The van der Waals surface area contributed by atoms with E-state index >= 15 is 0 Å². The number of anilines is 1. The second-order valence-corrected chi connectivity index (χ2v) is 4.34. The number of nitro groups is 1. The first-order valence-electron chi connectivity index (χ1n) is 5.58. The molecule has 1 N–H and O–H groups in total. The molecule has 0 radical (unpaired) electrons. The molecular weight excluding hydrogens is 238 g/mol. The van der Waals surface area contributed by atoms with Gasteiger partial charge in [-0.1, -0.05) is 0 Å². The Morgan fingerprint density at radius 3 is 2.78 bits per heavy atom. The number of hydrogen-bond acceptors (Lipinski definition) is 5. The summed E-state index contributed by atoms with van der Waals surface area (Å²) in [5, 5.41) is 19.5. The van der Waals surface area contributed by atoms with E-state index in [0.29, 0.717) is 11.4 Å². The molecule has 0 aromatic carbocycles. The summed E-state index contributed by atoms with van der Waals surface area (Å²) in [6, 6.07) is 1.60. The average Bonchev–Trinajstić information content (AvgIpc) is 3.09. The van der Waals surface area contributed by atoms with Gasteiger partial charge in [-0.25, -0.2) is 4.98 Å². The largest absolute Gasteiger partial charge is 0.480 e. The zero-order valence-corrected chi connectivity index (χ0v) is 9.87. The molecule has 0 bridgehead atoms. The zero-order chi connectivity index (χ0) is 13.3. The fourth-order valence-electron chi connectivity index (χ4n) is 1.86. The van der Waals surface area contributed by atoms with Gasteiger partial charge in [0.15, 0.2) is 0 Å². The Balaban J connectivity index is 2.30. The highest BCUT2D eigenvalue weighted by atomic mass is 16.6. The van der Waals surface area contributed by atoms with Crippen molar-refractivity contribution >= 4 is 17.5 Å². The highest BCUT2D eigenvalue weighted by Crippen LogP contribution is 2.32. The third kappa shape index (κ3) is 2.55. The number of aliphatic carboxylic acids is 1. The number of carboxylic acids is 1. The Labute approximate surface area is 103 Å². The minimum absolute atomic E-state index is 0.0812. The SMILES string of the molecule is Cc1cc([N+](=O)[O-])cnc1N(CC(=O)O)C1CC1. The van der Waals surface area contributed by atoms with E-state index in [1.54, 1.807) is 11.8 Å². The molecule has 7 heteroatoms. The number of aryl methyl sites for hydroxylation is 1. The van der Waals surface area contributed by atoms with Crippen LogP contribution in [0.1, 0.15) is 18.4 Å². The van der Waals surface area contributed by atoms with E-state index in [-0.39, 0.29) is 18.3 Å². The summed E-state index contributed by atoms with van der Waals surface area (Å²) in [5.74, 6) is -0.410. The van der Waals surface area contributed by atoms with Crippen LogP contribution >= 0.6 is 0 Å². The number of hydrogen-bond donors (Lipinski definition) is 1. The molecule has 1 aromatic heterocycles. The second-order valence-electron chi connectivity index (χ2n) is 4.34. The van der Waals surface area contributed by atoms with Gasteiger partial charge >= 0.3 is 5.97 Å². The van der Waals surface area contributed by atoms with Gasteiger partial charge in [-0.3, -0.25) is 14.9 Å². The van der Waals surface area contributed by atoms with Crippen LogP contribution in [0.5, 0.6) is 0 Å². The normalized spacial score (nSPS) is 14.3. The molecule has 7 nitrogen and oxygen atoms in total. The topological polar surface area (TPSA) is 96.6 Å². The number of nitrogens with zero attached hydrogens (tertiary/aromatic N) is 3. The summed E-state index contributed by atoms with van der Waals surface area (Å²) in [7, 11) is 0. The fraction of sp³-hybridized carbons (Fsp3) is 0.455. The highest BCUT2D eigenvalue weighted by Gasteiger charge is 2.32. The maximum absolute atomic E-state index is 10.8. The zero-order valence-electron chi connectivity index (χ0n) is 9.87. The van der Waals surface area contributed by atoms with Crippen molar-refractivity contribution in [2.24, 2.45) is 0 Å². The summed E-state index contributed by atoms with van der Waals surface area (Å²) in [5.41, 5.74) is 0.541. The Morgan fingerprint density at radius 1 is 1.67 bits per heavy atom. The molecule has 0 aliphatic heterocycles. The summed E-state index contributed by atoms with van der Waals surface area (Å²) >= 11 is 0. The molecule has 1 fully saturated rings. The van der Waals surface area contributed by atoms with Gasteiger partial charge in [0, 0.05) is 12.1 Å². The van der Waals surface area contributed by atoms with Gasteiger partial charge in [0.25, 0.3) is 5.69 Å². The number of rotatable bonds is 5. The monoisotopic (exact) mass is 251 g/mol. The molecule has 2 rings (SSSR count). The van der Waals surface area contributed by atoms with E-state index < -0.39 is 10.9 Å². The summed E-state index contributed by atoms with van der Waals surface area (Å²) < 4.78 is 0. The lowest BCUT2D eigenvalue weighted by atomic mass is 10.2. The molecule has 96 valence electrons. The smallest absolute Gasteiger partial charge is 0.323 e. The molecule has 0 saturated heterocycles. The van der Waals surface area contributed by atoms with E-state index in [0.717, 1.165) is 12.8 Å². The van der Waals surface area contributed by atoms with Gasteiger partial charge in [0.05, 0.1) is 4.92 Å². The lowest BCUT2D eigenvalue weighted by Gasteiger charge is -2.22. The van der Waals surface area contributed by atoms with Crippen LogP contribution in [-0.2, 0) is 4.79 Å². The van der Waals surface area contributed by atoms with Gasteiger partial charge in [0.1, 0.15) is 18.6 Å². The lowest BCUT2D eigenvalue weighted by Crippen LogP contribution is -2.33. The van der Waals surface area contributed by atoms with Crippen molar-refractivity contribution in [1.82, 2.24) is 4.98 Å². The van der Waals surface area contributed by atoms with Gasteiger partial charge in [-0.15, -0.1) is 0 Å². The molecule has 0 spiro atoms. The van der Waals surface area contributed by atoms with Crippen molar-refractivity contribution in [3.63, 3.8) is 0 Å². The Kier molecular flexibility index (Phi) is 3.14. The van der Waals surface area contributed by atoms with Crippen molar-refractivity contribution in [2.75, 3.05) is 11.4 Å². The summed E-state index contributed by atoms with van der Waals surface area (Å²) in [6.45, 7) is 1.57. The van der Waals surface area contributed by atoms with Crippen LogP contribution in [0.25, 0.3) is 0 Å². The third-order valence-electron chi connectivity index (χ3n) is 2.81. The second kappa shape index (κ2) is 4.59. The number of aromatic nitrogens is 1. The van der Waals surface area contributed by atoms with E-state index in [1.807, 2.05) is 0 Å². The van der Waals surface area contributed by atoms with Crippen LogP contribution in [0.2, 0.25) is 0 Å². The first-order valence-corrected chi connectivity index (χ1v) is 5.58. The van der Waals surface area contributed by atoms with Crippen LogP contribution in [0.3, 0.4) is 0 Å². The third-order valence-corrected chi connectivity index (χ3v) is 2.81. The minimum atomic E-state index is -0.929. The lowest BCUT2D eigenvalue weighted by molar-refractivity contribution is -0.385. The van der Waals surface area contributed by atoms with Crippen molar-refractivity contribution in [3.05, 3.63) is 27.9 Å². The van der Waals surface area contributed by atoms with Gasteiger partial charge in [-0.2, -0.15) is 0 Å². The molecule has 1 saturated carbocycles. The van der Waals surface area contributed by atoms with Crippen LogP contribution < -0.4 is 4.90 Å². The van der Waals surface area contributed by atoms with Crippen LogP contribution in [0, 0.1) is 17.0 Å². The first-order chi connectivity index (χ1) is 8.49. The number of carboxylic acid groups (broad SMARTS) is 1. The molecule has 18 heavy (non-hydrogen) atoms. The minimum Gasteiger partial charge on any atom is -0.480 e. The maximum atomic E-state index is 10.8. The van der Waals surface area contributed by atoms with Crippen LogP contribution in [-0.4, -0.2) is 33.6 Å². The van der Waals surface area contributed by atoms with Gasteiger partial charge in [0.2, 0.25) is 0 Å². The summed E-state index contributed by atoms with van der Waals surface area (Å²) in [6.07, 6.45) is 3.04. The predicted molar refractivity (Wildman–Crippen MR) is 63.6 cm³/mol. The van der Waals surface area contributed by atoms with Crippen LogP contribution in [0.4, 0.5) is 11.5 Å². The van der Waals surface area contributed by atoms with Crippen molar-refractivity contribution < 1.29 is 14.8 Å². The molecule has 1 aliphatic carbocycles. The predicted octanol–water partition coefficient (Wildman–Crippen LogP) is 1.35. The van der Waals surface area contributed by atoms with Gasteiger partial charge < -0.3 is 10.0 Å². The Bertz CT molecular complexity index is 499. The Morgan fingerprint density at radius 2 is 2.33 bits per heavy atom. The Hall–Kier alpha value is -2.18. The molecule has 1 aliphatic rings. The van der Waals surface area contributed by atoms with E-state index in [4.69, 9.17) is 5.11 Å². The van der Waals surface area contributed by atoms with Crippen molar-refractivity contribution in [3.8, 4) is 0 Å². The van der Waals surface area contributed by atoms with E-state index in [2.05, 4.69) is 4.98 Å². The highest BCUT2D eigenvalue weighted by molar-refractivity contribution is 5.74. The fourth-order valence-corrected chi connectivity index (χ4v) is 1.86. The van der Waals surface area contributed by atoms with Crippen molar-refractivity contribution in [1.29, 1.82) is 0 Å². The van der Waals surface area contributed by atoms with E-state index in [9.17, 15) is 14.9 Å². The first kappa shape index (κ1) is 12.3. The molecule has 0 atom stereocenters. The molecular formula is C11H13N3O4. The molecule has 0 amide bonds. The van der Waals surface area contributed by atoms with E-state index in [1.165, 1.54) is 12.3 Å². The maximum Gasteiger partial charge on any atom is 0.323 e. The average molecular weight is 251 g/mol. The molecule has 0 unspecified atom stereocenters. The van der Waals surface area contributed by atoms with Gasteiger partial charge in [-0.05, 0) is 25.3 Å². The molecule has 1 aromatic rings. The number of carbonyl (C=O) groups is 1. The van der Waals surface area contributed by atoms with Crippen LogP contribution in [0.15, 0.2) is 12.3 Å². The molecule has 1 heterocycles. The number of pyridine rings is 1. The standard InChI is InChI=1S/C11H13N3O4/c1-7-4-9(14(17)18)5-12-11(7)13(6-10(15)16)8-2-3-8/h4-5,8H,2-3,6H2,1H3,(H,15,16). The quantitative estimate of drug-likeness (QED) is 0.626. The van der Waals surface area contributed by atoms with Crippen molar-refractivity contribution in [2.45, 2.75) is 25.8 Å².